The van der Waals surface area contributed by atoms with Crippen molar-refractivity contribution in [3.8, 4) is 22.9 Å². The van der Waals surface area contributed by atoms with E-state index in [0.29, 0.717) is 42.9 Å². The standard InChI is InChI=1S/C37H41F4N7O3/c1-21-4-7-28-27(17-42-45-28)29(21)30-25(23-5-6-23)16-26-31(32(30)50-20-37(39,40)41)43-35(51-24-8-12-46(3)13-9-24)44-33(26)47-14-10-36(11-15-47)18-48(19-36)34(49)22(2)38/h4,7,16-17,23-24H,2,5-6,8-15,18-20H2,1,3H3,(H,42,45). The molecular weight excluding hydrogens is 666 g/mol. The quantitative estimate of drug-likeness (QED) is 0.160. The van der Waals surface area contributed by atoms with Gasteiger partial charge in [0.2, 0.25) is 0 Å². The first-order chi connectivity index (χ1) is 24.4. The van der Waals surface area contributed by atoms with Crippen LogP contribution in [0.3, 0.4) is 0 Å². The van der Waals surface area contributed by atoms with Gasteiger partial charge in [0.15, 0.2) is 18.2 Å². The summed E-state index contributed by atoms with van der Waals surface area (Å²) < 4.78 is 67.8. The molecular formula is C37H41F4N7O3. The minimum Gasteiger partial charge on any atom is -0.481 e. The van der Waals surface area contributed by atoms with E-state index in [1.165, 1.54) is 4.90 Å². The van der Waals surface area contributed by atoms with Gasteiger partial charge in [0.25, 0.3) is 5.91 Å². The topological polar surface area (TPSA) is 99.7 Å². The van der Waals surface area contributed by atoms with E-state index in [0.717, 1.165) is 79.2 Å². The number of anilines is 1. The number of aromatic nitrogens is 4. The number of likely N-dealkylation sites (tertiary alicyclic amines) is 2. The number of carbonyl (C=O) groups is 1. The maximum Gasteiger partial charge on any atom is 0.422 e. The summed E-state index contributed by atoms with van der Waals surface area (Å²) in [4.78, 5) is 27.9. The SMILES string of the molecule is C=C(F)C(=O)N1CC2(CCN(c3nc(OC4CCN(C)CC4)nc4c(OCC(F)(F)F)c(-c5c(C)ccc6[nH]ncc56)c(C5CC5)cc34)CC2)C1. The Balaban J connectivity index is 1.27. The number of ether oxygens (including phenoxy) is 2. The third-order valence-electron chi connectivity index (χ3n) is 11.0. The number of nitrogens with zero attached hydrogens (tertiary/aromatic N) is 6. The molecule has 14 heteroatoms. The summed E-state index contributed by atoms with van der Waals surface area (Å²) in [5.74, 6) is -0.841. The van der Waals surface area contributed by atoms with Crippen LogP contribution >= 0.6 is 0 Å². The molecule has 1 spiro atoms. The Morgan fingerprint density at radius 3 is 2.43 bits per heavy atom. The van der Waals surface area contributed by atoms with Crippen LogP contribution < -0.4 is 14.4 Å². The van der Waals surface area contributed by atoms with E-state index < -0.39 is 24.5 Å². The largest absolute Gasteiger partial charge is 0.481 e. The zero-order valence-corrected chi connectivity index (χ0v) is 28.8. The lowest BCUT2D eigenvalue weighted by molar-refractivity contribution is -0.153. The molecule has 0 unspecified atom stereocenters. The highest BCUT2D eigenvalue weighted by Gasteiger charge is 2.47. The zero-order valence-electron chi connectivity index (χ0n) is 28.8. The number of hydrogen-bond acceptors (Lipinski definition) is 8. The number of alkyl halides is 3. The molecule has 0 radical (unpaired) electrons. The van der Waals surface area contributed by atoms with Gasteiger partial charge in [0, 0.05) is 61.0 Å². The smallest absolute Gasteiger partial charge is 0.422 e. The van der Waals surface area contributed by atoms with Crippen LogP contribution in [-0.2, 0) is 4.79 Å². The molecule has 1 N–H and O–H groups in total. The molecule has 4 fully saturated rings. The Bertz CT molecular complexity index is 2000. The first-order valence-electron chi connectivity index (χ1n) is 17.6. The lowest BCUT2D eigenvalue weighted by atomic mass is 9.72. The molecule has 0 bridgehead atoms. The summed E-state index contributed by atoms with van der Waals surface area (Å²) in [6.07, 6.45) is 1.77. The van der Waals surface area contributed by atoms with Crippen molar-refractivity contribution in [2.24, 2.45) is 5.41 Å². The molecule has 4 aromatic rings. The van der Waals surface area contributed by atoms with Gasteiger partial charge in [-0.05, 0) is 87.2 Å². The number of benzene rings is 2. The number of H-pyrrole nitrogens is 1. The van der Waals surface area contributed by atoms with E-state index in [2.05, 4.69) is 39.7 Å². The van der Waals surface area contributed by atoms with Crippen molar-refractivity contribution >= 4 is 33.5 Å². The van der Waals surface area contributed by atoms with Crippen molar-refractivity contribution in [1.82, 2.24) is 30.0 Å². The Morgan fingerprint density at radius 2 is 1.76 bits per heavy atom. The van der Waals surface area contributed by atoms with Gasteiger partial charge in [-0.1, -0.05) is 12.6 Å². The molecule has 4 aliphatic rings. The highest BCUT2D eigenvalue weighted by molar-refractivity contribution is 6.06. The molecule has 1 saturated carbocycles. The van der Waals surface area contributed by atoms with E-state index in [-0.39, 0.29) is 34.7 Å². The van der Waals surface area contributed by atoms with Crippen LogP contribution in [0.25, 0.3) is 32.9 Å². The average Bonchev–Trinajstić information content (AvgIpc) is 3.82. The molecule has 3 saturated heterocycles. The number of fused-ring (bicyclic) bond motifs is 2. The van der Waals surface area contributed by atoms with Crippen LogP contribution in [0, 0.1) is 12.3 Å². The Kier molecular flexibility index (Phi) is 8.35. The van der Waals surface area contributed by atoms with Gasteiger partial charge < -0.3 is 24.2 Å². The molecule has 1 aliphatic carbocycles. The van der Waals surface area contributed by atoms with E-state index in [1.54, 1.807) is 6.20 Å². The Morgan fingerprint density at radius 1 is 1.04 bits per heavy atom. The number of carbonyl (C=O) groups excluding carboxylic acids is 1. The van der Waals surface area contributed by atoms with Crippen molar-refractivity contribution in [1.29, 1.82) is 0 Å². The van der Waals surface area contributed by atoms with Gasteiger partial charge in [0.05, 0.1) is 11.7 Å². The van der Waals surface area contributed by atoms with Crippen LogP contribution in [-0.4, -0.2) is 101 Å². The summed E-state index contributed by atoms with van der Waals surface area (Å²) in [6.45, 7) is 7.40. The first kappa shape index (κ1) is 33.7. The summed E-state index contributed by atoms with van der Waals surface area (Å²) in [5.41, 5.74) is 4.05. The predicted octanol–water partition coefficient (Wildman–Crippen LogP) is 6.69. The number of halogens is 4. The zero-order chi connectivity index (χ0) is 35.7. The third kappa shape index (κ3) is 6.47. The summed E-state index contributed by atoms with van der Waals surface area (Å²) in [7, 11) is 2.06. The number of aromatic amines is 1. The second kappa shape index (κ2) is 12.6. The van der Waals surface area contributed by atoms with E-state index in [9.17, 15) is 22.4 Å². The summed E-state index contributed by atoms with van der Waals surface area (Å²) in [6, 6.07) is 6.01. The minimum absolute atomic E-state index is 0.0634. The number of rotatable bonds is 8. The molecule has 2 aromatic heterocycles. The second-order valence-corrected chi connectivity index (χ2v) is 14.8. The Labute approximate surface area is 292 Å². The third-order valence-corrected chi connectivity index (χ3v) is 11.0. The maximum absolute atomic E-state index is 14.0. The van der Waals surface area contributed by atoms with Crippen LogP contribution in [0.5, 0.6) is 11.8 Å². The summed E-state index contributed by atoms with van der Waals surface area (Å²) >= 11 is 0. The summed E-state index contributed by atoms with van der Waals surface area (Å²) in [5, 5.41) is 8.66. The predicted molar refractivity (Wildman–Crippen MR) is 185 cm³/mol. The number of aryl methyl sites for hydroxylation is 1. The Hall–Kier alpha value is -4.46. The molecule has 1 amide bonds. The highest BCUT2D eigenvalue weighted by Crippen LogP contribution is 2.53. The second-order valence-electron chi connectivity index (χ2n) is 14.8. The molecule has 3 aliphatic heterocycles. The van der Waals surface area contributed by atoms with Crippen LogP contribution in [0.15, 0.2) is 36.8 Å². The maximum atomic E-state index is 14.0. The average molecular weight is 708 g/mol. The number of piperidine rings is 2. The van der Waals surface area contributed by atoms with Gasteiger partial charge in [-0.25, -0.2) is 4.39 Å². The highest BCUT2D eigenvalue weighted by atomic mass is 19.4. The van der Waals surface area contributed by atoms with Gasteiger partial charge in [-0.2, -0.15) is 28.2 Å². The molecule has 0 atom stereocenters. The fourth-order valence-electron chi connectivity index (χ4n) is 8.08. The molecule has 270 valence electrons. The number of hydrogen-bond donors (Lipinski definition) is 1. The van der Waals surface area contributed by atoms with Crippen molar-refractivity contribution < 1.29 is 31.8 Å². The van der Waals surface area contributed by atoms with E-state index >= 15 is 0 Å². The van der Waals surface area contributed by atoms with Gasteiger partial charge in [-0.15, -0.1) is 0 Å². The van der Waals surface area contributed by atoms with Gasteiger partial charge in [0.1, 0.15) is 17.4 Å². The van der Waals surface area contributed by atoms with Gasteiger partial charge >= 0.3 is 12.2 Å². The van der Waals surface area contributed by atoms with Gasteiger partial charge in [-0.3, -0.25) is 9.89 Å². The number of amides is 1. The van der Waals surface area contributed by atoms with Crippen LogP contribution in [0.1, 0.15) is 55.6 Å². The molecule has 8 rings (SSSR count). The van der Waals surface area contributed by atoms with Crippen molar-refractivity contribution in [2.45, 2.75) is 63.6 Å². The fraction of sp³-hybridized carbons (Fsp3) is 0.514. The minimum atomic E-state index is -4.59. The fourth-order valence-corrected chi connectivity index (χ4v) is 8.08. The molecule has 5 heterocycles. The number of nitrogens with one attached hydrogen (secondary N) is 1. The van der Waals surface area contributed by atoms with Crippen LogP contribution in [0.2, 0.25) is 0 Å². The van der Waals surface area contributed by atoms with E-state index in [1.807, 2.05) is 19.1 Å². The van der Waals surface area contributed by atoms with Crippen molar-refractivity contribution in [2.75, 3.05) is 57.8 Å². The van der Waals surface area contributed by atoms with Crippen LogP contribution in [0.4, 0.5) is 23.4 Å². The van der Waals surface area contributed by atoms with Crippen molar-refractivity contribution in [3.05, 3.63) is 47.9 Å². The van der Waals surface area contributed by atoms with Crippen molar-refractivity contribution in [3.63, 3.8) is 0 Å². The monoisotopic (exact) mass is 707 g/mol. The van der Waals surface area contributed by atoms with E-state index in [4.69, 9.17) is 19.4 Å². The molecule has 2 aromatic carbocycles. The lowest BCUT2D eigenvalue weighted by Crippen LogP contribution is -2.62. The normalized spacial score (nSPS) is 19.9. The molecule has 10 nitrogen and oxygen atoms in total. The molecule has 51 heavy (non-hydrogen) atoms. The first-order valence-corrected chi connectivity index (χ1v) is 17.6. The lowest BCUT2D eigenvalue weighted by Gasteiger charge is -2.54.